The Morgan fingerprint density at radius 1 is 0.553 bits per heavy atom. The van der Waals surface area contributed by atoms with Gasteiger partial charge in [0.05, 0.1) is 16.0 Å². The Kier molecular flexibility index (Phi) is 5.60. The summed E-state index contributed by atoms with van der Waals surface area (Å²) in [4.78, 5) is 0. The Balaban J connectivity index is 1.35. The van der Waals surface area contributed by atoms with Gasteiger partial charge in [0.15, 0.2) is 11.8 Å². The number of hydrogen-bond acceptors (Lipinski definition) is 0. The molecule has 7 aromatic carbocycles. The highest BCUT2D eigenvalue weighted by Crippen LogP contribution is 2.48. The van der Waals surface area contributed by atoms with Gasteiger partial charge in [0.2, 0.25) is 0 Å². The molecule has 0 unspecified atom stereocenters. The number of rotatable bonds is 0. The summed E-state index contributed by atoms with van der Waals surface area (Å²) in [6.07, 6.45) is 5.07. The summed E-state index contributed by atoms with van der Waals surface area (Å²) in [5.41, 5.74) is 12.7. The second kappa shape index (κ2) is 9.82. The molecule has 0 amide bonds. The summed E-state index contributed by atoms with van der Waals surface area (Å²) < 4.78 is 0.842. The van der Waals surface area contributed by atoms with Gasteiger partial charge >= 0.3 is 0 Å². The van der Waals surface area contributed by atoms with E-state index >= 15 is 0 Å². The quantitative estimate of drug-likeness (QED) is 0.120. The first kappa shape index (κ1) is 26.8. The van der Waals surface area contributed by atoms with E-state index in [1.54, 1.807) is 0 Å². The lowest BCUT2D eigenvalue weighted by atomic mass is 9.80. The van der Waals surface area contributed by atoms with Gasteiger partial charge in [-0.3, -0.25) is 0 Å². The first-order chi connectivity index (χ1) is 23.1. The summed E-state index contributed by atoms with van der Waals surface area (Å²) in [5.74, 6) is 1.34. The van der Waals surface area contributed by atoms with Crippen LogP contribution in [0.25, 0.3) is 55.1 Å². The summed E-state index contributed by atoms with van der Waals surface area (Å²) in [6.45, 7) is 7.46. The fourth-order valence-corrected chi connectivity index (χ4v) is 9.02. The zero-order valence-corrected chi connectivity index (χ0v) is 26.8. The molecule has 47 heavy (non-hydrogen) atoms. The molecule has 0 atom stereocenters. The van der Waals surface area contributed by atoms with Crippen molar-refractivity contribution in [3.63, 3.8) is 0 Å². The molecular weight excluding hydrogens is 567 g/mol. The minimum absolute atomic E-state index is 0.842. The maximum atomic E-state index is 2.66. The minimum Gasteiger partial charge on any atom is -0.248 e. The molecular formula is C46H35N+2. The van der Waals surface area contributed by atoms with E-state index < -0.39 is 0 Å². The lowest BCUT2D eigenvalue weighted by Gasteiger charge is -2.32. The van der Waals surface area contributed by atoms with Crippen LogP contribution in [-0.2, 0) is 19.6 Å². The second-order valence-corrected chi connectivity index (χ2v) is 13.9. The summed E-state index contributed by atoms with van der Waals surface area (Å²) >= 11 is 0. The van der Waals surface area contributed by atoms with Crippen molar-refractivity contribution in [2.45, 2.75) is 33.5 Å². The second-order valence-electron chi connectivity index (χ2n) is 13.9. The Bertz CT molecular complexity index is 2550. The number of quaternary nitrogens is 1. The Morgan fingerprint density at radius 3 is 1.77 bits per heavy atom. The molecule has 0 bridgehead atoms. The Hall–Kier alpha value is -5.37. The van der Waals surface area contributed by atoms with Crippen molar-refractivity contribution in [3.05, 3.63) is 183 Å². The summed E-state index contributed by atoms with van der Waals surface area (Å²) in [6, 6.07) is 47.9. The zero-order valence-electron chi connectivity index (χ0n) is 26.8. The lowest BCUT2D eigenvalue weighted by Crippen LogP contribution is -2.40. The number of aryl methyl sites for hydroxylation is 1. The van der Waals surface area contributed by atoms with Crippen LogP contribution in [0.15, 0.2) is 139 Å². The first-order valence-corrected chi connectivity index (χ1v) is 16.8. The summed E-state index contributed by atoms with van der Waals surface area (Å²) in [7, 11) is 0. The van der Waals surface area contributed by atoms with E-state index in [1.165, 1.54) is 98.8 Å². The molecule has 3 aliphatic rings. The third kappa shape index (κ3) is 3.90. The van der Waals surface area contributed by atoms with Gasteiger partial charge in [0, 0.05) is 39.6 Å². The highest BCUT2D eigenvalue weighted by atomic mass is 15.3. The number of benzene rings is 7. The van der Waals surface area contributed by atoms with Gasteiger partial charge in [0.1, 0.15) is 19.6 Å². The first-order valence-electron chi connectivity index (χ1n) is 16.8. The van der Waals surface area contributed by atoms with Crippen LogP contribution in [0.2, 0.25) is 0 Å². The molecule has 1 spiro atoms. The average Bonchev–Trinajstić information content (AvgIpc) is 3.34. The van der Waals surface area contributed by atoms with Crippen LogP contribution in [0.5, 0.6) is 0 Å². The lowest BCUT2D eigenvalue weighted by molar-refractivity contribution is -0.919. The average molecular weight is 602 g/mol. The molecule has 0 radical (unpaired) electrons. The molecule has 7 aromatic rings. The highest BCUT2D eigenvalue weighted by Gasteiger charge is 2.44. The number of fused-ring (bicyclic) bond motifs is 13. The molecule has 1 aliphatic carbocycles. The fourth-order valence-electron chi connectivity index (χ4n) is 9.02. The SMILES string of the molecule is Cc1cc2ccccc2c2c1C[N+]1(C=C3C2=c2ccccc2=C[C+]3C)Cc2ccc3ccccc3c2-c2c(ccc3ccccc23)C1. The van der Waals surface area contributed by atoms with E-state index in [4.69, 9.17) is 0 Å². The van der Waals surface area contributed by atoms with E-state index in [2.05, 4.69) is 154 Å². The normalized spacial score (nSPS) is 16.0. The van der Waals surface area contributed by atoms with Crippen LogP contribution in [0.3, 0.4) is 0 Å². The molecule has 0 saturated carbocycles. The Morgan fingerprint density at radius 2 is 1.11 bits per heavy atom. The van der Waals surface area contributed by atoms with Gasteiger partial charge in [-0.05, 0) is 69.6 Å². The maximum absolute atomic E-state index is 2.66. The standard InChI is InChI=1S/C46H35N/c1-29-23-33-13-5-9-17-39(33)45-41(29)27-47(28-42-30(2)24-34-14-6-10-18-40(34)46(42)45)25-35-21-19-31-11-3-7-15-37(31)43(35)44-36(26-47)22-20-32-12-4-8-16-38(32)44/h3-24,27H,25-26,28H2,1-2H3/q+2. The van der Waals surface area contributed by atoms with Gasteiger partial charge < -0.3 is 0 Å². The smallest absolute Gasteiger partial charge is 0.179 e. The molecule has 2 heterocycles. The molecule has 1 nitrogen and oxygen atoms in total. The molecule has 0 N–H and O–H groups in total. The summed E-state index contributed by atoms with van der Waals surface area (Å²) in [5, 5.41) is 10.6. The van der Waals surface area contributed by atoms with Gasteiger partial charge in [-0.25, -0.2) is 4.48 Å². The molecule has 222 valence electrons. The van der Waals surface area contributed by atoms with Crippen LogP contribution in [0, 0.1) is 12.8 Å². The van der Waals surface area contributed by atoms with Crippen LogP contribution in [0.1, 0.15) is 34.7 Å². The topological polar surface area (TPSA) is 0 Å². The molecule has 1 heteroatoms. The van der Waals surface area contributed by atoms with Crippen molar-refractivity contribution < 1.29 is 4.48 Å². The molecule has 0 fully saturated rings. The minimum atomic E-state index is 0.842. The Labute approximate surface area is 275 Å². The van der Waals surface area contributed by atoms with Crippen LogP contribution in [0.4, 0.5) is 0 Å². The van der Waals surface area contributed by atoms with E-state index in [1.807, 2.05) is 0 Å². The van der Waals surface area contributed by atoms with E-state index in [9.17, 15) is 0 Å². The maximum Gasteiger partial charge on any atom is 0.179 e. The van der Waals surface area contributed by atoms with Crippen LogP contribution in [-0.4, -0.2) is 4.48 Å². The predicted octanol–water partition coefficient (Wildman–Crippen LogP) is 9.64. The van der Waals surface area contributed by atoms with Crippen molar-refractivity contribution in [1.29, 1.82) is 0 Å². The third-order valence-corrected chi connectivity index (χ3v) is 11.1. The van der Waals surface area contributed by atoms with Crippen molar-refractivity contribution in [2.75, 3.05) is 0 Å². The van der Waals surface area contributed by atoms with Crippen molar-refractivity contribution >= 4 is 44.0 Å². The molecule has 10 rings (SSSR count). The van der Waals surface area contributed by atoms with Gasteiger partial charge in [0.25, 0.3) is 0 Å². The largest absolute Gasteiger partial charge is 0.248 e. The molecule has 0 saturated heterocycles. The zero-order chi connectivity index (χ0) is 31.3. The van der Waals surface area contributed by atoms with E-state index in [0.717, 1.165) is 24.1 Å². The fraction of sp³-hybridized carbons (Fsp3) is 0.109. The number of nitrogens with zero attached hydrogens (tertiary/aromatic N) is 1. The van der Waals surface area contributed by atoms with Crippen molar-refractivity contribution in [2.24, 2.45) is 0 Å². The number of allylic oxidation sites excluding steroid dienone is 1. The van der Waals surface area contributed by atoms with Gasteiger partial charge in [-0.15, -0.1) is 0 Å². The molecule has 0 aromatic heterocycles. The monoisotopic (exact) mass is 601 g/mol. The van der Waals surface area contributed by atoms with Crippen molar-refractivity contribution in [1.82, 2.24) is 0 Å². The number of hydrogen-bond donors (Lipinski definition) is 0. The van der Waals surface area contributed by atoms with Crippen LogP contribution < -0.4 is 10.4 Å². The highest BCUT2D eigenvalue weighted by molar-refractivity contribution is 6.08. The van der Waals surface area contributed by atoms with Crippen molar-refractivity contribution in [3.8, 4) is 11.1 Å². The van der Waals surface area contributed by atoms with Gasteiger partial charge in [-0.2, -0.15) is 0 Å². The predicted molar refractivity (Wildman–Crippen MR) is 197 cm³/mol. The van der Waals surface area contributed by atoms with E-state index in [-0.39, 0.29) is 0 Å². The molecule has 2 aliphatic heterocycles. The third-order valence-electron chi connectivity index (χ3n) is 11.1. The van der Waals surface area contributed by atoms with E-state index in [0.29, 0.717) is 0 Å². The van der Waals surface area contributed by atoms with Gasteiger partial charge in [-0.1, -0.05) is 115 Å². The van der Waals surface area contributed by atoms with Crippen LogP contribution >= 0.6 is 0 Å².